The van der Waals surface area contributed by atoms with Gasteiger partial charge in [-0.3, -0.25) is 5.10 Å². The zero-order chi connectivity index (χ0) is 20.6. The van der Waals surface area contributed by atoms with Crippen molar-refractivity contribution in [1.29, 1.82) is 0 Å². The summed E-state index contributed by atoms with van der Waals surface area (Å²) in [5.74, 6) is 0.310. The van der Waals surface area contributed by atoms with E-state index in [0.29, 0.717) is 17.0 Å². The zero-order valence-electron chi connectivity index (χ0n) is 17.2. The third-order valence-electron chi connectivity index (χ3n) is 7.06. The maximum Gasteiger partial charge on any atom is 0.317 e. The van der Waals surface area contributed by atoms with Gasteiger partial charge in [0.05, 0.1) is 17.8 Å². The molecule has 7 heteroatoms. The van der Waals surface area contributed by atoms with E-state index < -0.39 is 6.10 Å². The van der Waals surface area contributed by atoms with Crippen molar-refractivity contribution in [2.75, 3.05) is 13.1 Å². The van der Waals surface area contributed by atoms with E-state index in [2.05, 4.69) is 29.4 Å². The molecule has 1 atom stereocenters. The summed E-state index contributed by atoms with van der Waals surface area (Å²) in [6.07, 6.45) is 7.45. The van der Waals surface area contributed by atoms with Gasteiger partial charge in [0.15, 0.2) is 0 Å². The van der Waals surface area contributed by atoms with E-state index >= 15 is 0 Å². The third kappa shape index (κ3) is 4.10. The van der Waals surface area contributed by atoms with Crippen LogP contribution >= 0.6 is 11.6 Å². The van der Waals surface area contributed by atoms with Gasteiger partial charge in [-0.15, -0.1) is 0 Å². The number of benzene rings is 1. The number of nitrogens with zero attached hydrogens (tertiary/aromatic N) is 2. The number of aliphatic hydroxyl groups excluding tert-OH is 1. The lowest BCUT2D eigenvalue weighted by atomic mass is 9.68. The predicted octanol–water partition coefficient (Wildman–Crippen LogP) is 4.64. The highest BCUT2D eigenvalue weighted by Gasteiger charge is 2.40. The van der Waals surface area contributed by atoms with Crippen LogP contribution in [0.3, 0.4) is 0 Å². The Kier molecular flexibility index (Phi) is 5.76. The van der Waals surface area contributed by atoms with Crippen LogP contribution in [0.5, 0.6) is 0 Å². The van der Waals surface area contributed by atoms with Gasteiger partial charge >= 0.3 is 6.03 Å². The summed E-state index contributed by atoms with van der Waals surface area (Å²) in [4.78, 5) is 14.5. The topological polar surface area (TPSA) is 81.2 Å². The Morgan fingerprint density at radius 2 is 1.97 bits per heavy atom. The number of hydrogen-bond donors (Lipinski definition) is 3. The summed E-state index contributed by atoms with van der Waals surface area (Å²) >= 11 is 6.28. The molecule has 3 N–H and O–H groups in total. The number of aliphatic hydroxyl groups is 1. The van der Waals surface area contributed by atoms with Crippen molar-refractivity contribution in [3.05, 3.63) is 28.9 Å². The molecule has 1 aliphatic carbocycles. The monoisotopic (exact) mass is 418 g/mol. The minimum absolute atomic E-state index is 0.0720. The number of amides is 2. The lowest BCUT2D eigenvalue weighted by molar-refractivity contribution is -0.0144. The Morgan fingerprint density at radius 3 is 2.66 bits per heavy atom. The molecule has 1 saturated carbocycles. The number of hydrogen-bond acceptors (Lipinski definition) is 3. The van der Waals surface area contributed by atoms with E-state index in [1.165, 1.54) is 12.8 Å². The summed E-state index contributed by atoms with van der Waals surface area (Å²) in [5, 5.41) is 23.1. The summed E-state index contributed by atoms with van der Waals surface area (Å²) in [7, 11) is 0. The molecule has 0 radical (unpaired) electrons. The van der Waals surface area contributed by atoms with E-state index in [1.807, 2.05) is 17.0 Å². The number of urea groups is 1. The molecule has 4 rings (SSSR count). The minimum Gasteiger partial charge on any atom is -0.388 e. The van der Waals surface area contributed by atoms with E-state index in [-0.39, 0.29) is 11.4 Å². The molecule has 2 amide bonds. The standard InChI is InChI=1S/C22H31ClN4O2/c1-22(2,20(28)18-12-16(23)11-14-13-24-26-19(14)18)15-7-9-27(10-8-15)21(29)25-17-5-3-4-6-17/h11-13,15,17,20,28H,3-10H2,1-2H3,(H,24,26)(H,25,29)/t20-/m1/s1. The number of rotatable bonds is 4. The van der Waals surface area contributed by atoms with Gasteiger partial charge < -0.3 is 15.3 Å². The van der Waals surface area contributed by atoms with Gasteiger partial charge in [0.1, 0.15) is 0 Å². The number of carbonyl (C=O) groups excluding carboxylic acids is 1. The molecule has 1 saturated heterocycles. The molecule has 1 aromatic carbocycles. The molecule has 2 fully saturated rings. The van der Waals surface area contributed by atoms with Gasteiger partial charge in [-0.05, 0) is 49.1 Å². The number of H-pyrrole nitrogens is 1. The lowest BCUT2D eigenvalue weighted by Gasteiger charge is -2.43. The summed E-state index contributed by atoms with van der Waals surface area (Å²) in [6.45, 7) is 5.68. The molecule has 1 aliphatic heterocycles. The Labute approximate surface area is 177 Å². The van der Waals surface area contributed by atoms with E-state index in [1.54, 1.807) is 6.20 Å². The first-order valence-electron chi connectivity index (χ1n) is 10.7. The summed E-state index contributed by atoms with van der Waals surface area (Å²) in [5.41, 5.74) is 1.27. The van der Waals surface area contributed by atoms with Crippen molar-refractivity contribution in [2.24, 2.45) is 11.3 Å². The van der Waals surface area contributed by atoms with Crippen LogP contribution in [0.4, 0.5) is 4.79 Å². The zero-order valence-corrected chi connectivity index (χ0v) is 18.0. The van der Waals surface area contributed by atoms with Crippen LogP contribution in [0, 0.1) is 11.3 Å². The van der Waals surface area contributed by atoms with Crippen LogP contribution < -0.4 is 5.32 Å². The Bertz CT molecular complexity index is 867. The fourth-order valence-corrected chi connectivity index (χ4v) is 5.28. The van der Waals surface area contributed by atoms with Crippen LogP contribution in [0.2, 0.25) is 5.02 Å². The van der Waals surface area contributed by atoms with Crippen LogP contribution in [0.15, 0.2) is 18.3 Å². The summed E-state index contributed by atoms with van der Waals surface area (Å²) in [6, 6.07) is 4.10. The van der Waals surface area contributed by atoms with Gasteiger partial charge in [-0.25, -0.2) is 4.79 Å². The van der Waals surface area contributed by atoms with Crippen molar-refractivity contribution < 1.29 is 9.90 Å². The molecule has 2 heterocycles. The molecular weight excluding hydrogens is 388 g/mol. The molecule has 0 bridgehead atoms. The number of nitrogens with one attached hydrogen (secondary N) is 2. The number of aromatic amines is 1. The smallest absolute Gasteiger partial charge is 0.317 e. The molecule has 2 aromatic rings. The SMILES string of the molecule is CC(C)(C1CCN(C(=O)NC2CCCC2)CC1)[C@H](O)c1cc(Cl)cc2cn[nH]c12. The van der Waals surface area contributed by atoms with E-state index in [9.17, 15) is 9.90 Å². The number of fused-ring (bicyclic) bond motifs is 1. The highest BCUT2D eigenvalue weighted by Crippen LogP contribution is 2.46. The Morgan fingerprint density at radius 1 is 1.28 bits per heavy atom. The van der Waals surface area contributed by atoms with Gasteiger partial charge in [0, 0.05) is 35.1 Å². The van der Waals surface area contributed by atoms with Crippen molar-refractivity contribution in [2.45, 2.75) is 64.5 Å². The maximum atomic E-state index is 12.6. The molecule has 2 aliphatic rings. The first-order valence-corrected chi connectivity index (χ1v) is 11.1. The quantitative estimate of drug-likeness (QED) is 0.676. The first kappa shape index (κ1) is 20.5. The van der Waals surface area contributed by atoms with Crippen LogP contribution in [0.25, 0.3) is 10.9 Å². The highest BCUT2D eigenvalue weighted by atomic mass is 35.5. The first-order chi connectivity index (χ1) is 13.9. The van der Waals surface area contributed by atoms with Gasteiger partial charge in [-0.1, -0.05) is 38.3 Å². The predicted molar refractivity (Wildman–Crippen MR) is 115 cm³/mol. The molecule has 0 spiro atoms. The van der Waals surface area contributed by atoms with Crippen molar-refractivity contribution in [1.82, 2.24) is 20.4 Å². The number of halogens is 1. The second kappa shape index (κ2) is 8.15. The van der Waals surface area contributed by atoms with E-state index in [4.69, 9.17) is 11.6 Å². The average molecular weight is 419 g/mol. The van der Waals surface area contributed by atoms with Crippen LogP contribution in [-0.2, 0) is 0 Å². The molecule has 0 unspecified atom stereocenters. The van der Waals surface area contributed by atoms with Gasteiger partial charge in [-0.2, -0.15) is 5.10 Å². The van der Waals surface area contributed by atoms with Crippen molar-refractivity contribution in [3.8, 4) is 0 Å². The average Bonchev–Trinajstić information content (AvgIpc) is 3.38. The fourth-order valence-electron chi connectivity index (χ4n) is 5.05. The van der Waals surface area contributed by atoms with Crippen molar-refractivity contribution in [3.63, 3.8) is 0 Å². The molecule has 6 nitrogen and oxygen atoms in total. The maximum absolute atomic E-state index is 12.6. The Balaban J connectivity index is 1.42. The van der Waals surface area contributed by atoms with E-state index in [0.717, 1.165) is 55.2 Å². The molecule has 158 valence electrons. The number of piperidine rings is 1. The van der Waals surface area contributed by atoms with Crippen LogP contribution in [0.1, 0.15) is 64.0 Å². The minimum atomic E-state index is -0.673. The lowest BCUT2D eigenvalue weighted by Crippen LogP contribution is -2.49. The van der Waals surface area contributed by atoms with Gasteiger partial charge in [0.2, 0.25) is 0 Å². The second-order valence-corrected chi connectivity index (χ2v) is 9.68. The second-order valence-electron chi connectivity index (χ2n) is 9.25. The normalized spacial score (nSPS) is 20.3. The Hall–Kier alpha value is -1.79. The highest BCUT2D eigenvalue weighted by molar-refractivity contribution is 6.31. The van der Waals surface area contributed by atoms with Gasteiger partial charge in [0.25, 0.3) is 0 Å². The molecular formula is C22H31ClN4O2. The largest absolute Gasteiger partial charge is 0.388 e. The number of carbonyl (C=O) groups is 1. The number of aromatic nitrogens is 2. The summed E-state index contributed by atoms with van der Waals surface area (Å²) < 4.78 is 0. The number of likely N-dealkylation sites (tertiary alicyclic amines) is 1. The van der Waals surface area contributed by atoms with Crippen molar-refractivity contribution >= 4 is 28.5 Å². The molecule has 1 aromatic heterocycles. The fraction of sp³-hybridized carbons (Fsp3) is 0.636. The molecule has 29 heavy (non-hydrogen) atoms. The third-order valence-corrected chi connectivity index (χ3v) is 7.28. The van der Waals surface area contributed by atoms with Crippen LogP contribution in [-0.4, -0.2) is 45.4 Å².